The average Bonchev–Trinajstić information content (AvgIpc) is 3.15. The summed E-state index contributed by atoms with van der Waals surface area (Å²) in [6.07, 6.45) is 0. The molecule has 0 unspecified atom stereocenters. The molecule has 4 rings (SSSR count). The number of anilines is 1. The zero-order valence-electron chi connectivity index (χ0n) is 18.3. The number of ether oxygens (including phenoxy) is 3. The fraction of sp³-hybridized carbons (Fsp3) is 0.200. The van der Waals surface area contributed by atoms with Gasteiger partial charge in [-0.15, -0.1) is 0 Å². The number of hydrogen-bond donors (Lipinski definition) is 1. The van der Waals surface area contributed by atoms with E-state index in [9.17, 15) is 4.79 Å². The molecule has 0 saturated heterocycles. The molecule has 0 radical (unpaired) electrons. The van der Waals surface area contributed by atoms with Gasteiger partial charge < -0.3 is 24.1 Å². The van der Waals surface area contributed by atoms with E-state index < -0.39 is 0 Å². The van der Waals surface area contributed by atoms with Gasteiger partial charge in [0.15, 0.2) is 0 Å². The molecular weight excluding hydrogens is 406 g/mol. The fourth-order valence-electron chi connectivity index (χ4n) is 3.44. The summed E-state index contributed by atoms with van der Waals surface area (Å²) in [6, 6.07) is 20.8. The third-order valence-corrected chi connectivity index (χ3v) is 5.10. The molecule has 7 heteroatoms. The second-order valence-corrected chi connectivity index (χ2v) is 7.32. The van der Waals surface area contributed by atoms with Crippen LogP contribution in [0, 0.1) is 6.92 Å². The van der Waals surface area contributed by atoms with Crippen LogP contribution in [0.1, 0.15) is 11.4 Å². The first-order valence-electron chi connectivity index (χ1n) is 10.2. The summed E-state index contributed by atoms with van der Waals surface area (Å²) < 4.78 is 18.4. The third kappa shape index (κ3) is 4.67. The van der Waals surface area contributed by atoms with Crippen LogP contribution in [-0.4, -0.2) is 29.7 Å². The van der Waals surface area contributed by atoms with Crippen molar-refractivity contribution in [3.05, 3.63) is 78.1 Å². The summed E-state index contributed by atoms with van der Waals surface area (Å²) in [4.78, 5) is 17.6. The highest BCUT2D eigenvalue weighted by atomic mass is 16.5. The van der Waals surface area contributed by atoms with Crippen molar-refractivity contribution in [2.75, 3.05) is 19.5 Å². The lowest BCUT2D eigenvalue weighted by molar-refractivity contribution is -0.116. The Kier molecular flexibility index (Phi) is 6.26. The van der Waals surface area contributed by atoms with Crippen molar-refractivity contribution >= 4 is 22.6 Å². The first-order chi connectivity index (χ1) is 15.6. The Morgan fingerprint density at radius 3 is 2.47 bits per heavy atom. The first kappa shape index (κ1) is 21.2. The number of benzene rings is 3. The Morgan fingerprint density at radius 2 is 1.72 bits per heavy atom. The van der Waals surface area contributed by atoms with Gasteiger partial charge in [-0.05, 0) is 43.3 Å². The van der Waals surface area contributed by atoms with Gasteiger partial charge in [-0.2, -0.15) is 0 Å². The molecule has 0 fully saturated rings. The molecule has 164 valence electrons. The predicted octanol–water partition coefficient (Wildman–Crippen LogP) is 4.58. The van der Waals surface area contributed by atoms with E-state index in [0.29, 0.717) is 23.0 Å². The molecule has 4 aromatic rings. The molecule has 0 atom stereocenters. The Balaban J connectivity index is 1.57. The Hall–Kier alpha value is -4.00. The highest BCUT2D eigenvalue weighted by Crippen LogP contribution is 2.29. The van der Waals surface area contributed by atoms with Gasteiger partial charge in [0, 0.05) is 6.07 Å². The minimum absolute atomic E-state index is 0.0769. The number of fused-ring (bicyclic) bond motifs is 1. The zero-order valence-corrected chi connectivity index (χ0v) is 18.3. The molecule has 7 nitrogen and oxygen atoms in total. The summed E-state index contributed by atoms with van der Waals surface area (Å²) in [5.74, 6) is 2.38. The third-order valence-electron chi connectivity index (χ3n) is 5.10. The summed E-state index contributed by atoms with van der Waals surface area (Å²) >= 11 is 0. The molecule has 1 N–H and O–H groups in total. The lowest BCUT2D eigenvalue weighted by Gasteiger charge is -2.14. The number of para-hydroxylation sites is 2. The van der Waals surface area contributed by atoms with E-state index in [1.165, 1.54) is 0 Å². The largest absolute Gasteiger partial charge is 0.497 e. The molecule has 0 spiro atoms. The summed E-state index contributed by atoms with van der Waals surface area (Å²) in [5, 5.41) is 2.91. The van der Waals surface area contributed by atoms with Crippen molar-refractivity contribution in [1.29, 1.82) is 0 Å². The molecule has 0 aliphatic rings. The van der Waals surface area contributed by atoms with Gasteiger partial charge >= 0.3 is 0 Å². The molecule has 32 heavy (non-hydrogen) atoms. The number of aryl methyl sites for hydroxylation is 1. The van der Waals surface area contributed by atoms with Crippen molar-refractivity contribution < 1.29 is 19.0 Å². The molecular formula is C25H25N3O4. The predicted molar refractivity (Wildman–Crippen MR) is 123 cm³/mol. The quantitative estimate of drug-likeness (QED) is 0.442. The van der Waals surface area contributed by atoms with Crippen molar-refractivity contribution in [2.24, 2.45) is 0 Å². The van der Waals surface area contributed by atoms with E-state index >= 15 is 0 Å². The van der Waals surface area contributed by atoms with Gasteiger partial charge in [0.2, 0.25) is 5.91 Å². The SMILES string of the molecule is COc1ccc(OC)c(NC(=O)Cn2c(COc3ccc(C)cc3)nc3ccccc32)c1. The van der Waals surface area contributed by atoms with Crippen LogP contribution in [-0.2, 0) is 17.9 Å². The molecule has 1 aromatic heterocycles. The highest BCUT2D eigenvalue weighted by Gasteiger charge is 2.16. The molecule has 1 amide bonds. The lowest BCUT2D eigenvalue weighted by atomic mass is 10.2. The maximum atomic E-state index is 13.0. The summed E-state index contributed by atoms with van der Waals surface area (Å²) in [5.41, 5.74) is 3.37. The number of carbonyl (C=O) groups is 1. The second kappa shape index (κ2) is 9.43. The van der Waals surface area contributed by atoms with Crippen molar-refractivity contribution in [3.8, 4) is 17.2 Å². The van der Waals surface area contributed by atoms with Crippen LogP contribution in [0.25, 0.3) is 11.0 Å². The van der Waals surface area contributed by atoms with Crippen molar-refractivity contribution in [3.63, 3.8) is 0 Å². The van der Waals surface area contributed by atoms with Gasteiger partial charge in [0.05, 0.1) is 30.9 Å². The molecule has 0 aliphatic heterocycles. The van der Waals surface area contributed by atoms with Crippen LogP contribution >= 0.6 is 0 Å². The first-order valence-corrected chi connectivity index (χ1v) is 10.2. The number of nitrogens with zero attached hydrogens (tertiary/aromatic N) is 2. The van der Waals surface area contributed by atoms with Crippen LogP contribution in [0.3, 0.4) is 0 Å². The van der Waals surface area contributed by atoms with E-state index in [2.05, 4.69) is 10.3 Å². The smallest absolute Gasteiger partial charge is 0.244 e. The van der Waals surface area contributed by atoms with Gasteiger partial charge in [-0.3, -0.25) is 4.79 Å². The number of amides is 1. The van der Waals surface area contributed by atoms with Crippen LogP contribution in [0.15, 0.2) is 66.7 Å². The van der Waals surface area contributed by atoms with Gasteiger partial charge in [-0.1, -0.05) is 29.8 Å². The maximum Gasteiger partial charge on any atom is 0.244 e. The number of methoxy groups -OCH3 is 2. The number of aromatic nitrogens is 2. The highest BCUT2D eigenvalue weighted by molar-refractivity contribution is 5.93. The number of carbonyl (C=O) groups excluding carboxylic acids is 1. The molecule has 0 saturated carbocycles. The van der Waals surface area contributed by atoms with Crippen LogP contribution < -0.4 is 19.5 Å². The summed E-state index contributed by atoms with van der Waals surface area (Å²) in [6.45, 7) is 2.35. The van der Waals surface area contributed by atoms with Crippen LogP contribution in [0.5, 0.6) is 17.2 Å². The molecule has 0 aliphatic carbocycles. The molecule has 3 aromatic carbocycles. The second-order valence-electron chi connectivity index (χ2n) is 7.32. The van der Waals surface area contributed by atoms with Gasteiger partial charge in [0.25, 0.3) is 0 Å². The van der Waals surface area contributed by atoms with E-state index in [4.69, 9.17) is 14.2 Å². The summed E-state index contributed by atoms with van der Waals surface area (Å²) in [7, 11) is 3.13. The zero-order chi connectivity index (χ0) is 22.5. The molecule has 1 heterocycles. The van der Waals surface area contributed by atoms with E-state index in [1.54, 1.807) is 32.4 Å². The number of imidazole rings is 1. The minimum atomic E-state index is -0.212. The van der Waals surface area contributed by atoms with Gasteiger partial charge in [0.1, 0.15) is 36.2 Å². The standard InChI is InChI=1S/C25H25N3O4/c1-17-8-10-18(11-9-17)32-16-24-26-20-6-4-5-7-22(20)28(24)15-25(29)27-21-14-19(30-2)12-13-23(21)31-3/h4-14H,15-16H2,1-3H3,(H,27,29). The van der Waals surface area contributed by atoms with Crippen molar-refractivity contribution in [1.82, 2.24) is 9.55 Å². The van der Waals surface area contributed by atoms with Crippen LogP contribution in [0.4, 0.5) is 5.69 Å². The van der Waals surface area contributed by atoms with E-state index in [-0.39, 0.29) is 19.1 Å². The molecule has 0 bridgehead atoms. The minimum Gasteiger partial charge on any atom is -0.497 e. The number of hydrogen-bond acceptors (Lipinski definition) is 5. The van der Waals surface area contributed by atoms with E-state index in [0.717, 1.165) is 22.3 Å². The monoisotopic (exact) mass is 431 g/mol. The number of rotatable bonds is 8. The lowest BCUT2D eigenvalue weighted by Crippen LogP contribution is -2.21. The number of nitrogens with one attached hydrogen (secondary N) is 1. The maximum absolute atomic E-state index is 13.0. The Morgan fingerprint density at radius 1 is 0.969 bits per heavy atom. The van der Waals surface area contributed by atoms with Crippen LogP contribution in [0.2, 0.25) is 0 Å². The van der Waals surface area contributed by atoms with E-state index in [1.807, 2.05) is 60.0 Å². The Labute approximate surface area is 186 Å². The topological polar surface area (TPSA) is 74.6 Å². The van der Waals surface area contributed by atoms with Gasteiger partial charge in [-0.25, -0.2) is 4.98 Å². The normalized spacial score (nSPS) is 10.7. The Bertz CT molecular complexity index is 1230. The fourth-order valence-corrected chi connectivity index (χ4v) is 3.44. The average molecular weight is 431 g/mol. The van der Waals surface area contributed by atoms with Crippen molar-refractivity contribution in [2.45, 2.75) is 20.1 Å².